The van der Waals surface area contributed by atoms with Crippen LogP contribution in [0, 0.1) is 11.7 Å². The number of halogens is 1. The van der Waals surface area contributed by atoms with Gasteiger partial charge >= 0.3 is 0 Å². The zero-order valence-electron chi connectivity index (χ0n) is 11.8. The van der Waals surface area contributed by atoms with Crippen LogP contribution in [0.1, 0.15) is 20.8 Å². The summed E-state index contributed by atoms with van der Waals surface area (Å²) < 4.78 is 13.2. The van der Waals surface area contributed by atoms with E-state index in [0.29, 0.717) is 4.90 Å². The van der Waals surface area contributed by atoms with Crippen LogP contribution in [0.5, 0.6) is 0 Å². The fourth-order valence-electron chi connectivity index (χ4n) is 1.70. The highest BCUT2D eigenvalue weighted by Crippen LogP contribution is 2.21. The number of carbonyl (C=O) groups excluding carboxylic acids is 2. The van der Waals surface area contributed by atoms with Crippen molar-refractivity contribution in [3.8, 4) is 0 Å². The molecule has 6 heteroatoms. The third-order valence-electron chi connectivity index (χ3n) is 2.76. The van der Waals surface area contributed by atoms with E-state index >= 15 is 0 Å². The number of benzene rings is 1. The Hall–Kier alpha value is -1.56. The highest BCUT2D eigenvalue weighted by molar-refractivity contribution is 8.00. The Morgan fingerprint density at radius 2 is 2.05 bits per heavy atom. The first kappa shape index (κ1) is 16.5. The fraction of sp³-hybridized carbons (Fsp3) is 0.429. The van der Waals surface area contributed by atoms with Crippen LogP contribution in [0.25, 0.3) is 0 Å². The third kappa shape index (κ3) is 4.85. The molecule has 0 aromatic heterocycles. The van der Waals surface area contributed by atoms with Crippen molar-refractivity contribution in [2.75, 3.05) is 11.5 Å². The minimum absolute atomic E-state index is 0.0374. The molecule has 3 N–H and O–H groups in total. The number of nitrogen functional groups attached to an aromatic ring is 1. The average molecular weight is 298 g/mol. The van der Waals surface area contributed by atoms with E-state index in [1.807, 2.05) is 13.8 Å². The van der Waals surface area contributed by atoms with E-state index in [9.17, 15) is 14.0 Å². The number of thioether (sulfide) groups is 1. The Kier molecular flexibility index (Phi) is 6.01. The smallest absolute Gasteiger partial charge is 0.230 e. The lowest BCUT2D eigenvalue weighted by molar-refractivity contribution is -0.126. The molecule has 0 saturated carbocycles. The molecule has 0 fully saturated rings. The Labute approximate surface area is 122 Å². The van der Waals surface area contributed by atoms with Crippen molar-refractivity contribution in [2.45, 2.75) is 31.7 Å². The number of anilines is 1. The summed E-state index contributed by atoms with van der Waals surface area (Å²) in [7, 11) is 0. The topological polar surface area (TPSA) is 72.2 Å². The van der Waals surface area contributed by atoms with Gasteiger partial charge in [0.2, 0.25) is 5.91 Å². The van der Waals surface area contributed by atoms with E-state index in [4.69, 9.17) is 5.73 Å². The predicted octanol–water partition coefficient (Wildman–Crippen LogP) is 2.23. The standard InChI is InChI=1S/C14H19FN2O2S/c1-8(2)14(9(3)18)17-13(19)7-20-10-4-5-12(16)11(15)6-10/h4-6,8,14H,7,16H2,1-3H3,(H,17,19). The van der Waals surface area contributed by atoms with Crippen LogP contribution >= 0.6 is 11.8 Å². The molecule has 1 unspecified atom stereocenters. The maximum absolute atomic E-state index is 13.2. The van der Waals surface area contributed by atoms with Gasteiger partial charge < -0.3 is 11.1 Å². The van der Waals surface area contributed by atoms with E-state index in [2.05, 4.69) is 5.32 Å². The van der Waals surface area contributed by atoms with Crippen LogP contribution in [-0.4, -0.2) is 23.5 Å². The quantitative estimate of drug-likeness (QED) is 0.624. The lowest BCUT2D eigenvalue weighted by Crippen LogP contribution is -2.44. The van der Waals surface area contributed by atoms with Crippen LogP contribution in [0.15, 0.2) is 23.1 Å². The molecule has 0 saturated heterocycles. The minimum atomic E-state index is -0.501. The van der Waals surface area contributed by atoms with Crippen LogP contribution < -0.4 is 11.1 Å². The molecule has 0 bridgehead atoms. The Morgan fingerprint density at radius 3 is 2.55 bits per heavy atom. The van der Waals surface area contributed by atoms with E-state index < -0.39 is 11.9 Å². The molecule has 4 nitrogen and oxygen atoms in total. The monoisotopic (exact) mass is 298 g/mol. The number of ketones is 1. The summed E-state index contributed by atoms with van der Waals surface area (Å²) in [5, 5.41) is 2.68. The zero-order valence-corrected chi connectivity index (χ0v) is 12.6. The fourth-order valence-corrected chi connectivity index (χ4v) is 2.43. The first-order valence-corrected chi connectivity index (χ1v) is 7.27. The highest BCUT2D eigenvalue weighted by atomic mass is 32.2. The largest absolute Gasteiger partial charge is 0.396 e. The zero-order chi connectivity index (χ0) is 15.3. The van der Waals surface area contributed by atoms with Crippen molar-refractivity contribution in [3.05, 3.63) is 24.0 Å². The second kappa shape index (κ2) is 7.28. The van der Waals surface area contributed by atoms with Gasteiger partial charge in [0, 0.05) is 4.90 Å². The van der Waals surface area contributed by atoms with Gasteiger partial charge in [-0.1, -0.05) is 13.8 Å². The van der Waals surface area contributed by atoms with Crippen LogP contribution in [0.4, 0.5) is 10.1 Å². The van der Waals surface area contributed by atoms with Crippen LogP contribution in [0.3, 0.4) is 0 Å². The Balaban J connectivity index is 2.54. The molecule has 1 amide bonds. The van der Waals surface area contributed by atoms with E-state index in [-0.39, 0.29) is 29.0 Å². The van der Waals surface area contributed by atoms with Gasteiger partial charge in [-0.25, -0.2) is 4.39 Å². The van der Waals surface area contributed by atoms with Crippen molar-refractivity contribution in [1.29, 1.82) is 0 Å². The molecule has 1 aromatic carbocycles. The molecule has 110 valence electrons. The highest BCUT2D eigenvalue weighted by Gasteiger charge is 2.20. The van der Waals surface area contributed by atoms with Gasteiger partial charge in [-0.2, -0.15) is 0 Å². The van der Waals surface area contributed by atoms with Gasteiger partial charge in [0.05, 0.1) is 17.5 Å². The number of carbonyl (C=O) groups is 2. The summed E-state index contributed by atoms with van der Waals surface area (Å²) >= 11 is 1.20. The first-order valence-electron chi connectivity index (χ1n) is 6.29. The predicted molar refractivity (Wildman–Crippen MR) is 79.0 cm³/mol. The van der Waals surface area contributed by atoms with Crippen LogP contribution in [0.2, 0.25) is 0 Å². The Morgan fingerprint density at radius 1 is 1.40 bits per heavy atom. The second-order valence-corrected chi connectivity index (χ2v) is 5.92. The van der Waals surface area contributed by atoms with Gasteiger partial charge in [0.1, 0.15) is 5.82 Å². The van der Waals surface area contributed by atoms with E-state index in [1.54, 1.807) is 6.07 Å². The lowest BCUT2D eigenvalue weighted by atomic mass is 10.0. The van der Waals surface area contributed by atoms with Crippen molar-refractivity contribution in [3.63, 3.8) is 0 Å². The molecular formula is C14H19FN2O2S. The normalized spacial score (nSPS) is 12.2. The van der Waals surface area contributed by atoms with E-state index in [1.165, 1.54) is 30.8 Å². The van der Waals surface area contributed by atoms with Crippen molar-refractivity contribution in [2.24, 2.45) is 5.92 Å². The number of nitrogens with one attached hydrogen (secondary N) is 1. The number of nitrogens with two attached hydrogens (primary N) is 1. The third-order valence-corrected chi connectivity index (χ3v) is 3.76. The molecule has 0 aliphatic carbocycles. The van der Waals surface area contributed by atoms with Gasteiger partial charge in [0.15, 0.2) is 5.78 Å². The summed E-state index contributed by atoms with van der Waals surface area (Å²) in [6.07, 6.45) is 0. The number of rotatable bonds is 6. The maximum Gasteiger partial charge on any atom is 0.230 e. The molecule has 20 heavy (non-hydrogen) atoms. The maximum atomic E-state index is 13.2. The van der Waals surface area contributed by atoms with Gasteiger partial charge in [-0.3, -0.25) is 9.59 Å². The second-order valence-electron chi connectivity index (χ2n) is 4.87. The molecule has 0 heterocycles. The van der Waals surface area contributed by atoms with Crippen LogP contribution in [-0.2, 0) is 9.59 Å². The molecule has 0 aliphatic heterocycles. The SMILES string of the molecule is CC(=O)C(NC(=O)CSc1ccc(N)c(F)c1)C(C)C. The van der Waals surface area contributed by atoms with Gasteiger partial charge in [0.25, 0.3) is 0 Å². The van der Waals surface area contributed by atoms with Gasteiger partial charge in [-0.05, 0) is 31.0 Å². The number of Topliss-reactive ketones (excluding diaryl/α,β-unsaturated/α-hetero) is 1. The minimum Gasteiger partial charge on any atom is -0.396 e. The molecule has 0 radical (unpaired) electrons. The summed E-state index contributed by atoms with van der Waals surface area (Å²) in [6.45, 7) is 5.19. The lowest BCUT2D eigenvalue weighted by Gasteiger charge is -2.19. The molecule has 1 rings (SSSR count). The summed E-state index contributed by atoms with van der Waals surface area (Å²) in [5.74, 6) is -0.660. The van der Waals surface area contributed by atoms with Crippen molar-refractivity contribution >= 4 is 29.1 Å². The summed E-state index contributed by atoms with van der Waals surface area (Å²) in [5.41, 5.74) is 5.46. The first-order chi connectivity index (χ1) is 9.31. The Bertz CT molecular complexity index is 506. The molecule has 1 atom stereocenters. The summed E-state index contributed by atoms with van der Waals surface area (Å²) in [6, 6.07) is 3.92. The molecular weight excluding hydrogens is 279 g/mol. The molecule has 1 aromatic rings. The molecule has 0 aliphatic rings. The van der Waals surface area contributed by atoms with Crippen molar-refractivity contribution in [1.82, 2.24) is 5.32 Å². The molecule has 0 spiro atoms. The number of amides is 1. The summed E-state index contributed by atoms with van der Waals surface area (Å²) in [4.78, 5) is 23.8. The average Bonchev–Trinajstić information content (AvgIpc) is 2.36. The number of hydrogen-bond donors (Lipinski definition) is 2. The van der Waals surface area contributed by atoms with E-state index in [0.717, 1.165) is 0 Å². The number of hydrogen-bond acceptors (Lipinski definition) is 4. The van der Waals surface area contributed by atoms with Crippen molar-refractivity contribution < 1.29 is 14.0 Å². The van der Waals surface area contributed by atoms with Gasteiger partial charge in [-0.15, -0.1) is 11.8 Å².